The van der Waals surface area contributed by atoms with E-state index in [0.717, 1.165) is 23.5 Å². The molecule has 1 aromatic rings. The fourth-order valence-electron chi connectivity index (χ4n) is 1.71. The zero-order valence-corrected chi connectivity index (χ0v) is 11.6. The van der Waals surface area contributed by atoms with Crippen LogP contribution in [0.15, 0.2) is 0 Å². The van der Waals surface area contributed by atoms with E-state index in [4.69, 9.17) is 0 Å². The van der Waals surface area contributed by atoms with Gasteiger partial charge in [-0.05, 0) is 32.2 Å². The van der Waals surface area contributed by atoms with E-state index in [1.54, 1.807) is 4.68 Å². The number of hydrogen-bond acceptors (Lipinski definition) is 3. The quantitative estimate of drug-likeness (QED) is 0.869. The molecule has 1 heterocycles. The topological polar surface area (TPSA) is 29.9 Å². The highest BCUT2D eigenvalue weighted by molar-refractivity contribution is 8.00. The van der Waals surface area contributed by atoms with E-state index in [-0.39, 0.29) is 24.1 Å². The van der Waals surface area contributed by atoms with Gasteiger partial charge in [0.05, 0.1) is 12.2 Å². The molecule has 3 nitrogen and oxygen atoms in total. The molecule has 0 saturated heterocycles. The van der Waals surface area contributed by atoms with E-state index >= 15 is 0 Å². The van der Waals surface area contributed by atoms with Crippen LogP contribution in [-0.2, 0) is 13.1 Å². The SMILES string of the molecule is CCNCc1c(C)nn(CCSC(F)(F)F)c1C. The van der Waals surface area contributed by atoms with Gasteiger partial charge in [0.2, 0.25) is 0 Å². The third-order valence-corrected chi connectivity index (χ3v) is 3.37. The normalized spacial score (nSPS) is 12.1. The van der Waals surface area contributed by atoms with Crippen molar-refractivity contribution in [3.05, 3.63) is 17.0 Å². The number of hydrogen-bond donors (Lipinski definition) is 1. The Morgan fingerprint density at radius 1 is 1.33 bits per heavy atom. The molecule has 18 heavy (non-hydrogen) atoms. The second-order valence-electron chi connectivity index (χ2n) is 3.95. The first-order valence-corrected chi connectivity index (χ1v) is 6.78. The summed E-state index contributed by atoms with van der Waals surface area (Å²) in [6.45, 7) is 7.63. The maximum Gasteiger partial charge on any atom is 0.441 e. The fourth-order valence-corrected chi connectivity index (χ4v) is 2.20. The molecule has 0 bridgehead atoms. The van der Waals surface area contributed by atoms with Gasteiger partial charge in [-0.2, -0.15) is 18.3 Å². The molecular formula is C11H18F3N3S. The summed E-state index contributed by atoms with van der Waals surface area (Å²) in [5.74, 6) is -0.00783. The van der Waals surface area contributed by atoms with Crippen molar-refractivity contribution in [2.45, 2.75) is 39.4 Å². The standard InChI is InChI=1S/C11H18F3N3S/c1-4-15-7-10-8(2)16-17(9(10)3)5-6-18-11(12,13)14/h15H,4-7H2,1-3H3. The molecule has 0 aliphatic heterocycles. The lowest BCUT2D eigenvalue weighted by atomic mass is 10.2. The van der Waals surface area contributed by atoms with E-state index < -0.39 is 5.51 Å². The van der Waals surface area contributed by atoms with Crippen LogP contribution in [0.1, 0.15) is 23.9 Å². The number of aryl methyl sites for hydroxylation is 2. The van der Waals surface area contributed by atoms with Crippen molar-refractivity contribution in [2.24, 2.45) is 0 Å². The molecule has 0 aliphatic rings. The van der Waals surface area contributed by atoms with Crippen molar-refractivity contribution in [3.63, 3.8) is 0 Å². The Morgan fingerprint density at radius 3 is 2.56 bits per heavy atom. The van der Waals surface area contributed by atoms with E-state index in [1.165, 1.54) is 0 Å². The summed E-state index contributed by atoms with van der Waals surface area (Å²) in [6, 6.07) is 0. The summed E-state index contributed by atoms with van der Waals surface area (Å²) in [5, 5.41) is 7.48. The lowest BCUT2D eigenvalue weighted by Gasteiger charge is -2.07. The molecule has 7 heteroatoms. The number of thioether (sulfide) groups is 1. The Balaban J connectivity index is 2.61. The van der Waals surface area contributed by atoms with Crippen molar-refractivity contribution in [2.75, 3.05) is 12.3 Å². The maximum atomic E-state index is 12.0. The molecule has 1 rings (SSSR count). The van der Waals surface area contributed by atoms with Gasteiger partial charge >= 0.3 is 5.51 Å². The zero-order valence-electron chi connectivity index (χ0n) is 10.8. The Morgan fingerprint density at radius 2 is 2.00 bits per heavy atom. The van der Waals surface area contributed by atoms with Crippen LogP contribution in [0.5, 0.6) is 0 Å². The van der Waals surface area contributed by atoms with Crippen LogP contribution in [0.4, 0.5) is 13.2 Å². The first-order valence-electron chi connectivity index (χ1n) is 5.79. The number of halogens is 3. The van der Waals surface area contributed by atoms with E-state index in [9.17, 15) is 13.2 Å². The van der Waals surface area contributed by atoms with E-state index in [1.807, 2.05) is 20.8 Å². The third kappa shape index (κ3) is 4.53. The number of aromatic nitrogens is 2. The Hall–Kier alpha value is -0.690. The van der Waals surface area contributed by atoms with Gasteiger partial charge < -0.3 is 5.32 Å². The summed E-state index contributed by atoms with van der Waals surface area (Å²) >= 11 is -0.00637. The first-order chi connectivity index (χ1) is 8.35. The number of nitrogens with zero attached hydrogens (tertiary/aromatic N) is 2. The molecule has 0 fully saturated rings. The lowest BCUT2D eigenvalue weighted by molar-refractivity contribution is -0.0328. The van der Waals surface area contributed by atoms with Gasteiger partial charge in [-0.1, -0.05) is 6.92 Å². The molecule has 0 aliphatic carbocycles. The minimum absolute atomic E-state index is 0.00637. The minimum Gasteiger partial charge on any atom is -0.313 e. The zero-order chi connectivity index (χ0) is 13.8. The third-order valence-electron chi connectivity index (χ3n) is 2.65. The first kappa shape index (κ1) is 15.4. The molecule has 104 valence electrons. The highest BCUT2D eigenvalue weighted by Crippen LogP contribution is 2.30. The molecule has 0 aromatic carbocycles. The molecule has 1 N–H and O–H groups in total. The average Bonchev–Trinajstić information content (AvgIpc) is 2.51. The van der Waals surface area contributed by atoms with Crippen molar-refractivity contribution in [3.8, 4) is 0 Å². The van der Waals surface area contributed by atoms with Gasteiger partial charge in [0.15, 0.2) is 0 Å². The highest BCUT2D eigenvalue weighted by Gasteiger charge is 2.27. The molecule has 0 amide bonds. The van der Waals surface area contributed by atoms with Crippen LogP contribution in [0, 0.1) is 13.8 Å². The minimum atomic E-state index is -4.16. The summed E-state index contributed by atoms with van der Waals surface area (Å²) in [6.07, 6.45) is 0. The Labute approximate surface area is 109 Å². The molecular weight excluding hydrogens is 263 g/mol. The van der Waals surface area contributed by atoms with Gasteiger partial charge in [0, 0.05) is 23.6 Å². The second-order valence-corrected chi connectivity index (χ2v) is 5.11. The van der Waals surface area contributed by atoms with Gasteiger partial charge in [-0.25, -0.2) is 0 Å². The van der Waals surface area contributed by atoms with Gasteiger partial charge in [-0.3, -0.25) is 4.68 Å². The van der Waals surface area contributed by atoms with Crippen LogP contribution in [0.2, 0.25) is 0 Å². The smallest absolute Gasteiger partial charge is 0.313 e. The maximum absolute atomic E-state index is 12.0. The van der Waals surface area contributed by atoms with E-state index in [0.29, 0.717) is 6.54 Å². The number of rotatable bonds is 6. The summed E-state index contributed by atoms with van der Waals surface area (Å²) in [4.78, 5) is 0. The Kier molecular flexibility index (Phi) is 5.52. The summed E-state index contributed by atoms with van der Waals surface area (Å²) < 4.78 is 37.8. The summed E-state index contributed by atoms with van der Waals surface area (Å²) in [5.41, 5.74) is -1.27. The fraction of sp³-hybridized carbons (Fsp3) is 0.727. The van der Waals surface area contributed by atoms with Gasteiger partial charge in [0.25, 0.3) is 0 Å². The van der Waals surface area contributed by atoms with Crippen LogP contribution in [0.25, 0.3) is 0 Å². The van der Waals surface area contributed by atoms with Crippen LogP contribution in [0.3, 0.4) is 0 Å². The molecule has 0 spiro atoms. The number of alkyl halides is 3. The number of nitrogens with one attached hydrogen (secondary N) is 1. The van der Waals surface area contributed by atoms with Crippen molar-refractivity contribution in [1.29, 1.82) is 0 Å². The molecule has 1 aromatic heterocycles. The van der Waals surface area contributed by atoms with Crippen molar-refractivity contribution < 1.29 is 13.2 Å². The van der Waals surface area contributed by atoms with Gasteiger partial charge in [0.1, 0.15) is 0 Å². The largest absolute Gasteiger partial charge is 0.441 e. The van der Waals surface area contributed by atoms with Crippen LogP contribution >= 0.6 is 11.8 Å². The Bertz CT molecular complexity index is 388. The summed E-state index contributed by atoms with van der Waals surface area (Å²) in [7, 11) is 0. The van der Waals surface area contributed by atoms with Crippen LogP contribution in [-0.4, -0.2) is 27.6 Å². The second kappa shape index (κ2) is 6.47. The predicted molar refractivity (Wildman–Crippen MR) is 67.6 cm³/mol. The molecule has 0 unspecified atom stereocenters. The van der Waals surface area contributed by atoms with Crippen molar-refractivity contribution in [1.82, 2.24) is 15.1 Å². The monoisotopic (exact) mass is 281 g/mol. The van der Waals surface area contributed by atoms with Crippen LogP contribution < -0.4 is 5.32 Å². The lowest BCUT2D eigenvalue weighted by Crippen LogP contribution is -2.13. The molecule has 0 atom stereocenters. The van der Waals surface area contributed by atoms with E-state index in [2.05, 4.69) is 10.4 Å². The molecule has 0 radical (unpaired) electrons. The predicted octanol–water partition coefficient (Wildman–Crippen LogP) is 2.86. The van der Waals surface area contributed by atoms with Crippen molar-refractivity contribution >= 4 is 11.8 Å². The molecule has 0 saturated carbocycles. The highest BCUT2D eigenvalue weighted by atomic mass is 32.2. The average molecular weight is 281 g/mol. The van der Waals surface area contributed by atoms with Gasteiger partial charge in [-0.15, -0.1) is 0 Å².